The SMILES string of the molecule is COc1ccc(NC(=O)C2=C(C)Nc3nc(SCc4ccc(C)cc4C)nn3[C@@H]2c2cccc(Br)c2)cc1. The third kappa shape index (κ3) is 5.49. The highest BCUT2D eigenvalue weighted by molar-refractivity contribution is 9.10. The number of nitrogens with one attached hydrogen (secondary N) is 2. The number of amides is 1. The first kappa shape index (κ1) is 26.1. The average Bonchev–Trinajstić information content (AvgIpc) is 3.30. The maximum atomic E-state index is 13.7. The molecule has 0 radical (unpaired) electrons. The third-order valence-corrected chi connectivity index (χ3v) is 7.82. The second kappa shape index (κ2) is 11.0. The molecule has 1 aliphatic heterocycles. The van der Waals surface area contributed by atoms with Gasteiger partial charge in [0.1, 0.15) is 11.8 Å². The number of hydrogen-bond acceptors (Lipinski definition) is 6. The lowest BCUT2D eigenvalue weighted by atomic mass is 9.95. The molecule has 0 bridgehead atoms. The predicted molar refractivity (Wildman–Crippen MR) is 156 cm³/mol. The zero-order chi connectivity index (χ0) is 26.8. The lowest BCUT2D eigenvalue weighted by Gasteiger charge is -2.28. The summed E-state index contributed by atoms with van der Waals surface area (Å²) >= 11 is 5.16. The molecule has 0 saturated carbocycles. The Morgan fingerprint density at radius 3 is 2.61 bits per heavy atom. The Morgan fingerprint density at radius 1 is 1.11 bits per heavy atom. The highest BCUT2D eigenvalue weighted by Gasteiger charge is 2.34. The summed E-state index contributed by atoms with van der Waals surface area (Å²) in [7, 11) is 1.61. The van der Waals surface area contributed by atoms with Crippen molar-refractivity contribution < 1.29 is 9.53 Å². The van der Waals surface area contributed by atoms with Gasteiger partial charge < -0.3 is 15.4 Å². The maximum absolute atomic E-state index is 13.7. The number of rotatable bonds is 7. The summed E-state index contributed by atoms with van der Waals surface area (Å²) in [6.45, 7) is 6.12. The molecule has 194 valence electrons. The minimum atomic E-state index is -0.454. The van der Waals surface area contributed by atoms with Crippen LogP contribution in [-0.2, 0) is 10.5 Å². The van der Waals surface area contributed by atoms with E-state index in [1.165, 1.54) is 16.7 Å². The molecule has 9 heteroatoms. The Morgan fingerprint density at radius 2 is 1.89 bits per heavy atom. The Kier molecular flexibility index (Phi) is 7.58. The number of carbonyl (C=O) groups excluding carboxylic acids is 1. The van der Waals surface area contributed by atoms with Gasteiger partial charge in [-0.25, -0.2) is 4.68 Å². The zero-order valence-corrected chi connectivity index (χ0v) is 24.0. The molecule has 1 atom stereocenters. The van der Waals surface area contributed by atoms with Crippen molar-refractivity contribution in [2.24, 2.45) is 0 Å². The van der Waals surface area contributed by atoms with Gasteiger partial charge in [0.15, 0.2) is 0 Å². The van der Waals surface area contributed by atoms with Gasteiger partial charge in [0, 0.05) is 21.6 Å². The van der Waals surface area contributed by atoms with Crippen LogP contribution in [0.3, 0.4) is 0 Å². The molecule has 2 N–H and O–H groups in total. The number of aromatic nitrogens is 3. The number of nitrogens with zero attached hydrogens (tertiary/aromatic N) is 3. The van der Waals surface area contributed by atoms with E-state index in [0.29, 0.717) is 22.4 Å². The van der Waals surface area contributed by atoms with Crippen molar-refractivity contribution in [2.45, 2.75) is 37.7 Å². The zero-order valence-electron chi connectivity index (χ0n) is 21.6. The normalized spacial score (nSPS) is 14.6. The first-order chi connectivity index (χ1) is 18.3. The summed E-state index contributed by atoms with van der Waals surface area (Å²) in [5.41, 5.74) is 6.65. The molecule has 0 fully saturated rings. The van der Waals surface area contributed by atoms with E-state index in [-0.39, 0.29) is 5.91 Å². The molecule has 1 aliphatic rings. The van der Waals surface area contributed by atoms with Gasteiger partial charge in [-0.05, 0) is 73.9 Å². The Labute approximate surface area is 234 Å². The summed E-state index contributed by atoms with van der Waals surface area (Å²) in [6.07, 6.45) is 0. The highest BCUT2D eigenvalue weighted by Crippen LogP contribution is 2.38. The van der Waals surface area contributed by atoms with E-state index >= 15 is 0 Å². The van der Waals surface area contributed by atoms with Crippen LogP contribution in [0.2, 0.25) is 0 Å². The number of carbonyl (C=O) groups is 1. The topological polar surface area (TPSA) is 81.1 Å². The van der Waals surface area contributed by atoms with Gasteiger partial charge in [0.2, 0.25) is 11.1 Å². The fourth-order valence-electron chi connectivity index (χ4n) is 4.49. The van der Waals surface area contributed by atoms with Crippen LogP contribution in [0, 0.1) is 13.8 Å². The van der Waals surface area contributed by atoms with E-state index in [2.05, 4.69) is 58.6 Å². The molecule has 0 aliphatic carbocycles. The summed E-state index contributed by atoms with van der Waals surface area (Å²) in [6, 6.07) is 21.2. The van der Waals surface area contributed by atoms with E-state index < -0.39 is 6.04 Å². The van der Waals surface area contributed by atoms with Crippen LogP contribution >= 0.6 is 27.7 Å². The van der Waals surface area contributed by atoms with Crippen molar-refractivity contribution in [2.75, 3.05) is 17.7 Å². The van der Waals surface area contributed by atoms with E-state index in [9.17, 15) is 4.79 Å². The lowest BCUT2D eigenvalue weighted by molar-refractivity contribution is -0.113. The van der Waals surface area contributed by atoms with Crippen molar-refractivity contribution in [3.05, 3.63) is 105 Å². The summed E-state index contributed by atoms with van der Waals surface area (Å²) in [4.78, 5) is 18.4. The van der Waals surface area contributed by atoms with Crippen LogP contribution in [-0.4, -0.2) is 27.8 Å². The number of anilines is 2. The fourth-order valence-corrected chi connectivity index (χ4v) is 5.82. The number of allylic oxidation sites excluding steroid dienone is 1. The van der Waals surface area contributed by atoms with E-state index in [1.807, 2.05) is 60.1 Å². The minimum Gasteiger partial charge on any atom is -0.497 e. The molecule has 0 unspecified atom stereocenters. The fraction of sp³-hybridized carbons (Fsp3) is 0.207. The average molecular weight is 591 g/mol. The number of benzene rings is 3. The van der Waals surface area contributed by atoms with Crippen LogP contribution in [0.1, 0.15) is 35.2 Å². The van der Waals surface area contributed by atoms with Gasteiger partial charge >= 0.3 is 0 Å². The minimum absolute atomic E-state index is 0.212. The molecule has 1 amide bonds. The summed E-state index contributed by atoms with van der Waals surface area (Å²) in [5.74, 6) is 1.88. The monoisotopic (exact) mass is 589 g/mol. The lowest BCUT2D eigenvalue weighted by Crippen LogP contribution is -2.31. The smallest absolute Gasteiger partial charge is 0.255 e. The summed E-state index contributed by atoms with van der Waals surface area (Å²) < 4.78 is 7.97. The Hall–Kier alpha value is -3.56. The van der Waals surface area contributed by atoms with Crippen molar-refractivity contribution in [3.8, 4) is 5.75 Å². The van der Waals surface area contributed by atoms with Crippen LogP contribution in [0.25, 0.3) is 0 Å². The second-order valence-corrected chi connectivity index (χ2v) is 11.0. The molecule has 2 heterocycles. The molecule has 1 aromatic heterocycles. The standard InChI is InChI=1S/C29H28BrN5O2S/c1-17-8-9-21(18(2)14-17)16-38-29-33-28-31-19(3)25(27(36)32-23-10-12-24(37-4)13-11-23)26(35(28)34-29)20-6-5-7-22(30)15-20/h5-15,26H,16H2,1-4H3,(H,32,36)(H,31,33,34)/t26-/m1/s1. The van der Waals surface area contributed by atoms with E-state index in [0.717, 1.165) is 27.2 Å². The molecule has 38 heavy (non-hydrogen) atoms. The van der Waals surface area contributed by atoms with Crippen LogP contribution < -0.4 is 15.4 Å². The van der Waals surface area contributed by atoms with Gasteiger partial charge in [-0.15, -0.1) is 5.10 Å². The largest absolute Gasteiger partial charge is 0.497 e. The third-order valence-electron chi connectivity index (χ3n) is 6.44. The second-order valence-electron chi connectivity index (χ2n) is 9.19. The molecule has 4 aromatic rings. The van der Waals surface area contributed by atoms with E-state index in [4.69, 9.17) is 14.8 Å². The molecule has 7 nitrogen and oxygen atoms in total. The highest BCUT2D eigenvalue weighted by atomic mass is 79.9. The molecular weight excluding hydrogens is 562 g/mol. The van der Waals surface area contributed by atoms with Gasteiger partial charge in [0.25, 0.3) is 5.91 Å². The molecule has 5 rings (SSSR count). The number of aryl methyl sites for hydroxylation is 2. The maximum Gasteiger partial charge on any atom is 0.255 e. The summed E-state index contributed by atoms with van der Waals surface area (Å²) in [5, 5.41) is 11.8. The van der Waals surface area contributed by atoms with Crippen molar-refractivity contribution >= 4 is 45.2 Å². The molecule has 0 saturated heterocycles. The molecule has 0 spiro atoms. The van der Waals surface area contributed by atoms with Crippen molar-refractivity contribution in [3.63, 3.8) is 0 Å². The van der Waals surface area contributed by atoms with Crippen molar-refractivity contribution in [1.82, 2.24) is 14.8 Å². The number of hydrogen-bond donors (Lipinski definition) is 2. The van der Waals surface area contributed by atoms with Crippen LogP contribution in [0.4, 0.5) is 11.6 Å². The predicted octanol–water partition coefficient (Wildman–Crippen LogP) is 6.89. The van der Waals surface area contributed by atoms with Gasteiger partial charge in [0.05, 0.1) is 12.7 Å². The van der Waals surface area contributed by atoms with Gasteiger partial charge in [-0.3, -0.25) is 4.79 Å². The molecular formula is C29H28BrN5O2S. The number of ether oxygens (including phenoxy) is 1. The van der Waals surface area contributed by atoms with Gasteiger partial charge in [-0.2, -0.15) is 4.98 Å². The van der Waals surface area contributed by atoms with Crippen LogP contribution in [0.5, 0.6) is 5.75 Å². The first-order valence-corrected chi connectivity index (χ1v) is 13.9. The quantitative estimate of drug-likeness (QED) is 0.228. The Bertz CT molecular complexity index is 1530. The number of methoxy groups -OCH3 is 1. The Balaban J connectivity index is 1.47. The number of halogens is 1. The van der Waals surface area contributed by atoms with Crippen LogP contribution in [0.15, 0.2) is 87.6 Å². The first-order valence-electron chi connectivity index (χ1n) is 12.2. The number of thioether (sulfide) groups is 1. The van der Waals surface area contributed by atoms with E-state index in [1.54, 1.807) is 18.9 Å². The van der Waals surface area contributed by atoms with Gasteiger partial charge in [-0.1, -0.05) is 63.6 Å². The number of fused-ring (bicyclic) bond motifs is 1. The molecule has 3 aromatic carbocycles. The van der Waals surface area contributed by atoms with Crippen molar-refractivity contribution in [1.29, 1.82) is 0 Å².